The van der Waals surface area contributed by atoms with E-state index in [9.17, 15) is 0 Å². The van der Waals surface area contributed by atoms with Gasteiger partial charge in [0.1, 0.15) is 5.84 Å². The standard InChI is InChI=1S/C14H21N3O/c1-3-12-9-18-10(2)8-17(12)13-6-4-11(5-7-13)14(15)16/h4-7,10,12H,3,8-9H2,1-2H3,(H3,15,16). The summed E-state index contributed by atoms with van der Waals surface area (Å²) in [7, 11) is 0. The first-order valence-corrected chi connectivity index (χ1v) is 6.44. The highest BCUT2D eigenvalue weighted by atomic mass is 16.5. The van der Waals surface area contributed by atoms with Gasteiger partial charge in [-0.25, -0.2) is 0 Å². The topological polar surface area (TPSA) is 62.3 Å². The normalized spacial score (nSPS) is 24.0. The number of nitrogens with two attached hydrogens (primary N) is 1. The molecule has 0 bridgehead atoms. The molecule has 1 aromatic carbocycles. The average Bonchev–Trinajstić information content (AvgIpc) is 2.39. The quantitative estimate of drug-likeness (QED) is 0.634. The van der Waals surface area contributed by atoms with Gasteiger partial charge >= 0.3 is 0 Å². The third-order valence-electron chi connectivity index (χ3n) is 3.45. The summed E-state index contributed by atoms with van der Waals surface area (Å²) in [6.07, 6.45) is 1.33. The molecule has 0 amide bonds. The maximum absolute atomic E-state index is 7.40. The van der Waals surface area contributed by atoms with Gasteiger partial charge in [-0.05, 0) is 37.6 Å². The zero-order chi connectivity index (χ0) is 13.1. The van der Waals surface area contributed by atoms with Crippen molar-refractivity contribution in [2.45, 2.75) is 32.4 Å². The molecule has 1 aliphatic heterocycles. The van der Waals surface area contributed by atoms with Crippen molar-refractivity contribution in [1.82, 2.24) is 0 Å². The molecule has 4 heteroatoms. The third-order valence-corrected chi connectivity index (χ3v) is 3.45. The number of ether oxygens (including phenoxy) is 1. The molecule has 18 heavy (non-hydrogen) atoms. The summed E-state index contributed by atoms with van der Waals surface area (Å²) < 4.78 is 5.70. The number of rotatable bonds is 3. The summed E-state index contributed by atoms with van der Waals surface area (Å²) in [5.41, 5.74) is 7.42. The van der Waals surface area contributed by atoms with E-state index in [0.717, 1.165) is 25.1 Å². The van der Waals surface area contributed by atoms with Crippen molar-refractivity contribution in [2.24, 2.45) is 5.73 Å². The second-order valence-corrected chi connectivity index (χ2v) is 4.82. The van der Waals surface area contributed by atoms with Crippen LogP contribution >= 0.6 is 0 Å². The Bertz CT molecular complexity index is 416. The molecule has 0 spiro atoms. The van der Waals surface area contributed by atoms with Gasteiger partial charge in [-0.3, -0.25) is 5.41 Å². The van der Waals surface area contributed by atoms with Crippen LogP contribution in [0, 0.1) is 5.41 Å². The Balaban J connectivity index is 2.20. The number of nitrogens with zero attached hydrogens (tertiary/aromatic N) is 1. The minimum Gasteiger partial charge on any atom is -0.384 e. The van der Waals surface area contributed by atoms with Gasteiger partial charge in [-0.2, -0.15) is 0 Å². The SMILES string of the molecule is CCC1COC(C)CN1c1ccc(C(=N)N)cc1. The number of nitrogen functional groups attached to an aromatic ring is 1. The first-order chi connectivity index (χ1) is 8.61. The van der Waals surface area contributed by atoms with Crippen LogP contribution in [0.1, 0.15) is 25.8 Å². The molecule has 2 unspecified atom stereocenters. The lowest BCUT2D eigenvalue weighted by Crippen LogP contribution is -2.48. The molecule has 2 rings (SSSR count). The highest BCUT2D eigenvalue weighted by molar-refractivity contribution is 5.95. The van der Waals surface area contributed by atoms with Crippen LogP contribution in [0.5, 0.6) is 0 Å². The van der Waals surface area contributed by atoms with Crippen LogP contribution < -0.4 is 10.6 Å². The van der Waals surface area contributed by atoms with Crippen LogP contribution in [-0.4, -0.2) is 31.1 Å². The first-order valence-electron chi connectivity index (χ1n) is 6.44. The van der Waals surface area contributed by atoms with Crippen molar-refractivity contribution in [3.8, 4) is 0 Å². The van der Waals surface area contributed by atoms with Crippen LogP contribution in [0.4, 0.5) is 5.69 Å². The van der Waals surface area contributed by atoms with Gasteiger partial charge < -0.3 is 15.4 Å². The summed E-state index contributed by atoms with van der Waals surface area (Å²) in [5.74, 6) is 0.115. The van der Waals surface area contributed by atoms with Gasteiger partial charge in [0, 0.05) is 17.8 Å². The van der Waals surface area contributed by atoms with Crippen molar-refractivity contribution in [3.63, 3.8) is 0 Å². The number of morpholine rings is 1. The maximum atomic E-state index is 7.40. The first kappa shape index (κ1) is 12.9. The number of hydrogen-bond acceptors (Lipinski definition) is 3. The monoisotopic (exact) mass is 247 g/mol. The smallest absolute Gasteiger partial charge is 0.122 e. The number of nitrogens with one attached hydrogen (secondary N) is 1. The van der Waals surface area contributed by atoms with Crippen molar-refractivity contribution < 1.29 is 4.74 Å². The zero-order valence-corrected chi connectivity index (χ0v) is 11.0. The fourth-order valence-corrected chi connectivity index (χ4v) is 2.33. The Hall–Kier alpha value is -1.55. The zero-order valence-electron chi connectivity index (χ0n) is 11.0. The van der Waals surface area contributed by atoms with Gasteiger partial charge in [0.2, 0.25) is 0 Å². The molecule has 0 aliphatic carbocycles. The lowest BCUT2D eigenvalue weighted by atomic mass is 10.1. The maximum Gasteiger partial charge on any atom is 0.122 e. The molecule has 98 valence electrons. The fraction of sp³-hybridized carbons (Fsp3) is 0.500. The van der Waals surface area contributed by atoms with E-state index in [1.807, 2.05) is 24.3 Å². The molecular formula is C14H21N3O. The minimum atomic E-state index is 0.115. The van der Waals surface area contributed by atoms with Gasteiger partial charge in [0.15, 0.2) is 0 Å². The molecule has 2 atom stereocenters. The van der Waals surface area contributed by atoms with E-state index in [0.29, 0.717) is 6.04 Å². The minimum absolute atomic E-state index is 0.115. The predicted octanol–water partition coefficient (Wildman–Crippen LogP) is 1.97. The fourth-order valence-electron chi connectivity index (χ4n) is 2.33. The highest BCUT2D eigenvalue weighted by Crippen LogP contribution is 2.23. The van der Waals surface area contributed by atoms with Crippen molar-refractivity contribution in [2.75, 3.05) is 18.1 Å². The molecule has 4 nitrogen and oxygen atoms in total. The van der Waals surface area contributed by atoms with Crippen molar-refractivity contribution >= 4 is 11.5 Å². The van der Waals surface area contributed by atoms with Crippen molar-refractivity contribution in [3.05, 3.63) is 29.8 Å². The number of benzene rings is 1. The summed E-state index contributed by atoms with van der Waals surface area (Å²) >= 11 is 0. The lowest BCUT2D eigenvalue weighted by molar-refractivity contribution is 0.0299. The molecule has 0 saturated carbocycles. The second kappa shape index (κ2) is 5.40. The average molecular weight is 247 g/mol. The number of hydrogen-bond donors (Lipinski definition) is 2. The van der Waals surface area contributed by atoms with E-state index in [1.54, 1.807) is 0 Å². The summed E-state index contributed by atoms with van der Waals surface area (Å²) in [6, 6.07) is 8.33. The van der Waals surface area contributed by atoms with E-state index < -0.39 is 0 Å². The Morgan fingerprint density at radius 2 is 2.11 bits per heavy atom. The van der Waals surface area contributed by atoms with Crippen LogP contribution in [0.2, 0.25) is 0 Å². The van der Waals surface area contributed by atoms with Crippen LogP contribution in [0.15, 0.2) is 24.3 Å². The summed E-state index contributed by atoms with van der Waals surface area (Å²) in [5, 5.41) is 7.40. The number of anilines is 1. The molecular weight excluding hydrogens is 226 g/mol. The number of amidine groups is 1. The Labute approximate surface area is 108 Å². The Morgan fingerprint density at radius 1 is 1.44 bits per heavy atom. The van der Waals surface area contributed by atoms with E-state index in [1.165, 1.54) is 5.69 Å². The van der Waals surface area contributed by atoms with Crippen LogP contribution in [0.25, 0.3) is 0 Å². The molecule has 0 radical (unpaired) electrons. The van der Waals surface area contributed by atoms with Gasteiger partial charge in [-0.1, -0.05) is 6.92 Å². The van der Waals surface area contributed by atoms with Crippen molar-refractivity contribution in [1.29, 1.82) is 5.41 Å². The van der Waals surface area contributed by atoms with Crippen LogP contribution in [0.3, 0.4) is 0 Å². The van der Waals surface area contributed by atoms with Gasteiger partial charge in [-0.15, -0.1) is 0 Å². The van der Waals surface area contributed by atoms with Crippen LogP contribution in [-0.2, 0) is 4.74 Å². The largest absolute Gasteiger partial charge is 0.384 e. The van der Waals surface area contributed by atoms with Gasteiger partial charge in [0.25, 0.3) is 0 Å². The van der Waals surface area contributed by atoms with E-state index in [2.05, 4.69) is 18.7 Å². The molecule has 1 aromatic rings. The molecule has 1 saturated heterocycles. The molecule has 1 aliphatic rings. The molecule has 3 N–H and O–H groups in total. The summed E-state index contributed by atoms with van der Waals surface area (Å²) in [6.45, 7) is 5.98. The molecule has 0 aromatic heterocycles. The second-order valence-electron chi connectivity index (χ2n) is 4.82. The Kier molecular flexibility index (Phi) is 3.87. The van der Waals surface area contributed by atoms with E-state index >= 15 is 0 Å². The third kappa shape index (κ3) is 2.64. The predicted molar refractivity (Wildman–Crippen MR) is 74.3 cm³/mol. The molecule has 1 fully saturated rings. The molecule has 1 heterocycles. The highest BCUT2D eigenvalue weighted by Gasteiger charge is 2.25. The van der Waals surface area contributed by atoms with E-state index in [4.69, 9.17) is 15.9 Å². The lowest BCUT2D eigenvalue weighted by Gasteiger charge is -2.40. The Morgan fingerprint density at radius 3 is 2.67 bits per heavy atom. The van der Waals surface area contributed by atoms with Gasteiger partial charge in [0.05, 0.1) is 18.8 Å². The van der Waals surface area contributed by atoms with E-state index in [-0.39, 0.29) is 11.9 Å². The summed E-state index contributed by atoms with van der Waals surface area (Å²) in [4.78, 5) is 2.39.